The van der Waals surface area contributed by atoms with Crippen LogP contribution in [0, 0.1) is 0 Å². The molecule has 102 valence electrons. The number of nitrogens with zero attached hydrogens (tertiary/aromatic N) is 2. The first-order valence-corrected chi connectivity index (χ1v) is 7.31. The van der Waals surface area contributed by atoms with Gasteiger partial charge in [0.1, 0.15) is 0 Å². The Bertz CT molecular complexity index is 187. The number of likely N-dealkylation sites (tertiary alicyclic amines) is 1. The van der Waals surface area contributed by atoms with E-state index in [9.17, 15) is 0 Å². The molecular formula is C14H30N2O. The maximum atomic E-state index is 9.07. The Labute approximate surface area is 107 Å². The molecule has 3 heteroatoms. The molecule has 0 radical (unpaired) electrons. The standard InChI is InChI=1S/C14H30N2O/c1-3-4-10-16(12-13-17)11-8-14-7-5-6-9-15(14)2/h14,17H,3-13H2,1-2H3. The number of hydrogen-bond donors (Lipinski definition) is 1. The SMILES string of the molecule is CCCCN(CCO)CCC1CCCCN1C. The van der Waals surface area contributed by atoms with Crippen LogP contribution in [0.4, 0.5) is 0 Å². The molecule has 1 atom stereocenters. The normalized spacial score (nSPS) is 22.2. The van der Waals surface area contributed by atoms with E-state index in [0.29, 0.717) is 6.61 Å². The lowest BCUT2D eigenvalue weighted by molar-refractivity contribution is 0.141. The Hall–Kier alpha value is -0.120. The minimum atomic E-state index is 0.296. The average Bonchev–Trinajstić information content (AvgIpc) is 2.34. The maximum Gasteiger partial charge on any atom is 0.0558 e. The van der Waals surface area contributed by atoms with E-state index in [0.717, 1.165) is 25.7 Å². The van der Waals surface area contributed by atoms with E-state index in [1.54, 1.807) is 0 Å². The first-order valence-electron chi connectivity index (χ1n) is 7.31. The van der Waals surface area contributed by atoms with Gasteiger partial charge in [0.25, 0.3) is 0 Å². The number of aliphatic hydroxyl groups excluding tert-OH is 1. The van der Waals surface area contributed by atoms with Crippen molar-refractivity contribution in [2.45, 2.75) is 51.5 Å². The maximum absolute atomic E-state index is 9.07. The third kappa shape index (κ3) is 5.84. The molecule has 0 aromatic rings. The zero-order valence-corrected chi connectivity index (χ0v) is 11.7. The van der Waals surface area contributed by atoms with Gasteiger partial charge < -0.3 is 14.9 Å². The minimum absolute atomic E-state index is 0.296. The molecule has 1 aliphatic heterocycles. The first-order chi connectivity index (χ1) is 8.27. The predicted octanol–water partition coefficient (Wildman–Crippen LogP) is 1.96. The molecule has 1 heterocycles. The molecule has 1 fully saturated rings. The highest BCUT2D eigenvalue weighted by molar-refractivity contribution is 4.75. The van der Waals surface area contributed by atoms with E-state index in [1.807, 2.05) is 0 Å². The summed E-state index contributed by atoms with van der Waals surface area (Å²) in [6.07, 6.45) is 7.87. The van der Waals surface area contributed by atoms with Gasteiger partial charge in [0.2, 0.25) is 0 Å². The van der Waals surface area contributed by atoms with Gasteiger partial charge in [-0.1, -0.05) is 19.8 Å². The summed E-state index contributed by atoms with van der Waals surface area (Å²) >= 11 is 0. The Morgan fingerprint density at radius 1 is 1.24 bits per heavy atom. The second kappa shape index (κ2) is 8.90. The lowest BCUT2D eigenvalue weighted by Gasteiger charge is -2.34. The van der Waals surface area contributed by atoms with E-state index >= 15 is 0 Å². The van der Waals surface area contributed by atoms with Crippen LogP contribution in [0.3, 0.4) is 0 Å². The highest BCUT2D eigenvalue weighted by atomic mass is 16.3. The molecule has 1 rings (SSSR count). The summed E-state index contributed by atoms with van der Waals surface area (Å²) in [5.41, 5.74) is 0. The summed E-state index contributed by atoms with van der Waals surface area (Å²) < 4.78 is 0. The Balaban J connectivity index is 2.23. The molecule has 0 amide bonds. The Morgan fingerprint density at radius 3 is 2.71 bits per heavy atom. The van der Waals surface area contributed by atoms with Crippen molar-refractivity contribution in [1.29, 1.82) is 0 Å². The summed E-state index contributed by atoms with van der Waals surface area (Å²) in [7, 11) is 2.26. The summed E-state index contributed by atoms with van der Waals surface area (Å²) in [6, 6.07) is 0.770. The Morgan fingerprint density at radius 2 is 2.06 bits per heavy atom. The van der Waals surface area contributed by atoms with Gasteiger partial charge in [-0.15, -0.1) is 0 Å². The van der Waals surface area contributed by atoms with Crippen LogP contribution in [0.5, 0.6) is 0 Å². The van der Waals surface area contributed by atoms with E-state index in [4.69, 9.17) is 5.11 Å². The van der Waals surface area contributed by atoms with E-state index < -0.39 is 0 Å². The van der Waals surface area contributed by atoms with Crippen LogP contribution in [-0.4, -0.2) is 60.8 Å². The van der Waals surface area contributed by atoms with Crippen molar-refractivity contribution < 1.29 is 5.11 Å². The molecule has 0 aromatic carbocycles. The van der Waals surface area contributed by atoms with Gasteiger partial charge in [0.15, 0.2) is 0 Å². The van der Waals surface area contributed by atoms with Crippen molar-refractivity contribution in [2.75, 3.05) is 39.8 Å². The quantitative estimate of drug-likeness (QED) is 0.705. The number of piperidine rings is 1. The topological polar surface area (TPSA) is 26.7 Å². The second-order valence-electron chi connectivity index (χ2n) is 5.34. The molecule has 0 bridgehead atoms. The first kappa shape index (κ1) is 14.9. The summed E-state index contributed by atoms with van der Waals surface area (Å²) in [4.78, 5) is 4.94. The number of unbranched alkanes of at least 4 members (excludes halogenated alkanes) is 1. The van der Waals surface area contributed by atoms with Crippen LogP contribution in [0.25, 0.3) is 0 Å². The fourth-order valence-electron chi connectivity index (χ4n) is 2.70. The molecule has 1 saturated heterocycles. The highest BCUT2D eigenvalue weighted by Crippen LogP contribution is 2.18. The molecule has 3 nitrogen and oxygen atoms in total. The monoisotopic (exact) mass is 242 g/mol. The van der Waals surface area contributed by atoms with Crippen LogP contribution >= 0.6 is 0 Å². The van der Waals surface area contributed by atoms with Crippen LogP contribution in [0.2, 0.25) is 0 Å². The van der Waals surface area contributed by atoms with E-state index in [1.165, 1.54) is 45.1 Å². The molecule has 0 saturated carbocycles. The van der Waals surface area contributed by atoms with Crippen molar-refractivity contribution in [3.8, 4) is 0 Å². The number of hydrogen-bond acceptors (Lipinski definition) is 3. The molecule has 0 aromatic heterocycles. The lowest BCUT2D eigenvalue weighted by Crippen LogP contribution is -2.39. The van der Waals surface area contributed by atoms with Crippen molar-refractivity contribution in [3.05, 3.63) is 0 Å². The number of aliphatic hydroxyl groups is 1. The van der Waals surface area contributed by atoms with Gasteiger partial charge >= 0.3 is 0 Å². The van der Waals surface area contributed by atoms with Gasteiger partial charge in [0, 0.05) is 12.6 Å². The second-order valence-corrected chi connectivity index (χ2v) is 5.34. The zero-order valence-electron chi connectivity index (χ0n) is 11.7. The third-order valence-electron chi connectivity index (χ3n) is 3.94. The molecule has 0 aliphatic carbocycles. The van der Waals surface area contributed by atoms with Crippen LogP contribution < -0.4 is 0 Å². The fourth-order valence-corrected chi connectivity index (χ4v) is 2.70. The van der Waals surface area contributed by atoms with Gasteiger partial charge in [0.05, 0.1) is 6.61 Å². The molecule has 0 spiro atoms. The van der Waals surface area contributed by atoms with Crippen LogP contribution in [-0.2, 0) is 0 Å². The molecule has 1 aliphatic rings. The van der Waals surface area contributed by atoms with Gasteiger partial charge in [-0.25, -0.2) is 0 Å². The van der Waals surface area contributed by atoms with Crippen molar-refractivity contribution in [1.82, 2.24) is 9.80 Å². The highest BCUT2D eigenvalue weighted by Gasteiger charge is 2.19. The molecule has 17 heavy (non-hydrogen) atoms. The van der Waals surface area contributed by atoms with Gasteiger partial charge in [-0.3, -0.25) is 0 Å². The molecule has 1 N–H and O–H groups in total. The molecule has 1 unspecified atom stereocenters. The Kier molecular flexibility index (Phi) is 7.82. The van der Waals surface area contributed by atoms with E-state index in [2.05, 4.69) is 23.8 Å². The van der Waals surface area contributed by atoms with Crippen LogP contribution in [0.1, 0.15) is 45.4 Å². The number of rotatable bonds is 8. The summed E-state index contributed by atoms with van der Waals surface area (Å²) in [5.74, 6) is 0. The van der Waals surface area contributed by atoms with Crippen molar-refractivity contribution >= 4 is 0 Å². The zero-order chi connectivity index (χ0) is 12.5. The predicted molar refractivity (Wildman–Crippen MR) is 73.3 cm³/mol. The largest absolute Gasteiger partial charge is 0.395 e. The fraction of sp³-hybridized carbons (Fsp3) is 1.00. The minimum Gasteiger partial charge on any atom is -0.395 e. The van der Waals surface area contributed by atoms with Crippen LogP contribution in [0.15, 0.2) is 0 Å². The van der Waals surface area contributed by atoms with E-state index in [-0.39, 0.29) is 0 Å². The molecular weight excluding hydrogens is 212 g/mol. The summed E-state index contributed by atoms with van der Waals surface area (Å²) in [5, 5.41) is 9.07. The third-order valence-corrected chi connectivity index (χ3v) is 3.94. The van der Waals surface area contributed by atoms with Crippen molar-refractivity contribution in [3.63, 3.8) is 0 Å². The average molecular weight is 242 g/mol. The smallest absolute Gasteiger partial charge is 0.0558 e. The van der Waals surface area contributed by atoms with Gasteiger partial charge in [-0.05, 0) is 52.4 Å². The lowest BCUT2D eigenvalue weighted by atomic mass is 10.00. The summed E-state index contributed by atoms with van der Waals surface area (Å²) in [6.45, 7) is 6.93. The van der Waals surface area contributed by atoms with Gasteiger partial charge in [-0.2, -0.15) is 0 Å². The van der Waals surface area contributed by atoms with Crippen molar-refractivity contribution in [2.24, 2.45) is 0 Å².